The molecule has 0 atom stereocenters. The third-order valence-electron chi connectivity index (χ3n) is 12.9. The highest BCUT2D eigenvalue weighted by Gasteiger charge is 2.23. The summed E-state index contributed by atoms with van der Waals surface area (Å²) in [6, 6.07) is 78.2. The number of fused-ring (bicyclic) bond motifs is 7. The van der Waals surface area contributed by atoms with E-state index < -0.39 is 0 Å². The maximum atomic E-state index is 10.9. The Bertz CT molecular complexity index is 4050. The van der Waals surface area contributed by atoms with Gasteiger partial charge in [0.1, 0.15) is 6.07 Å². The smallest absolute Gasteiger partial charge is 0.164 e. The zero-order valence-corrected chi connectivity index (χ0v) is 37.4. The lowest BCUT2D eigenvalue weighted by atomic mass is 10.1. The van der Waals surface area contributed by atoms with E-state index >= 15 is 0 Å². The third-order valence-corrected chi connectivity index (χ3v) is 12.9. The van der Waals surface area contributed by atoms with E-state index in [4.69, 9.17) is 29.9 Å². The van der Waals surface area contributed by atoms with Crippen LogP contribution in [0.2, 0.25) is 0 Å². The Morgan fingerprint density at radius 1 is 0.300 bits per heavy atom. The van der Waals surface area contributed by atoms with Gasteiger partial charge in [-0.05, 0) is 66.7 Å². The fourth-order valence-corrected chi connectivity index (χ4v) is 9.65. The van der Waals surface area contributed by atoms with E-state index in [9.17, 15) is 5.26 Å². The highest BCUT2D eigenvalue weighted by molar-refractivity contribution is 6.29. The van der Waals surface area contributed by atoms with E-state index in [0.29, 0.717) is 40.5 Å². The number of nitrogens with zero attached hydrogens (tertiary/aromatic N) is 9. The van der Waals surface area contributed by atoms with Gasteiger partial charge >= 0.3 is 0 Å². The molecule has 9 heteroatoms. The van der Waals surface area contributed by atoms with E-state index in [1.54, 1.807) is 0 Å². The summed E-state index contributed by atoms with van der Waals surface area (Å²) in [6.45, 7) is 0. The van der Waals surface area contributed by atoms with E-state index in [-0.39, 0.29) is 0 Å². The van der Waals surface area contributed by atoms with E-state index in [0.717, 1.165) is 88.4 Å². The molecule has 0 radical (unpaired) electrons. The molecule has 0 amide bonds. The van der Waals surface area contributed by atoms with Crippen LogP contribution in [-0.2, 0) is 0 Å². The summed E-state index contributed by atoms with van der Waals surface area (Å²) in [7, 11) is 0. The van der Waals surface area contributed by atoms with Crippen LogP contribution < -0.4 is 0 Å². The van der Waals surface area contributed by atoms with Crippen molar-refractivity contribution >= 4 is 43.6 Å². The summed E-state index contributed by atoms with van der Waals surface area (Å²) in [5.41, 5.74) is 11.6. The van der Waals surface area contributed by atoms with Crippen molar-refractivity contribution in [1.29, 1.82) is 5.26 Å². The molecule has 0 spiro atoms. The Morgan fingerprint density at radius 3 is 1.07 bits per heavy atom. The van der Waals surface area contributed by atoms with Crippen LogP contribution in [0.25, 0.3) is 123 Å². The normalized spacial score (nSPS) is 11.4. The van der Waals surface area contributed by atoms with Crippen LogP contribution in [0.5, 0.6) is 0 Å². The molecule has 13 rings (SSSR count). The molecule has 0 aliphatic carbocycles. The van der Waals surface area contributed by atoms with Gasteiger partial charge in [0.2, 0.25) is 0 Å². The average Bonchev–Trinajstić information content (AvgIpc) is 3.96. The molecule has 4 heterocycles. The second-order valence-corrected chi connectivity index (χ2v) is 17.0. The number of hydrogen-bond acceptors (Lipinski definition) is 7. The number of para-hydroxylation sites is 2. The standard InChI is InChI=1S/C61H37N9/c62-38-45-37-44(61-67-58(41-21-9-3-10-22-41)64-59(68-61)42-23-11-4-12-24-42)31-34-49(45)70-51-28-16-14-26-48(51)55-53(70)36-35-52-54(55)47-25-13-15-27-50(47)69(52)46-32-29-43(30-33-46)60-65-56(39-17-5-1-6-18-39)63-57(66-60)40-19-7-2-8-20-40/h1-37H. The summed E-state index contributed by atoms with van der Waals surface area (Å²) >= 11 is 0. The van der Waals surface area contributed by atoms with Gasteiger partial charge in [-0.15, -0.1) is 0 Å². The molecule has 0 aliphatic rings. The summed E-state index contributed by atoms with van der Waals surface area (Å²) in [5, 5.41) is 15.4. The molecule has 0 N–H and O–H groups in total. The molecule has 0 bridgehead atoms. The minimum atomic E-state index is 0.489. The zero-order chi connectivity index (χ0) is 46.5. The van der Waals surface area contributed by atoms with Crippen molar-refractivity contribution < 1.29 is 0 Å². The van der Waals surface area contributed by atoms with Crippen LogP contribution in [-0.4, -0.2) is 39.0 Å². The first-order chi connectivity index (χ1) is 34.7. The molecule has 0 saturated carbocycles. The van der Waals surface area contributed by atoms with Crippen LogP contribution in [0, 0.1) is 11.3 Å². The number of nitriles is 1. The third kappa shape index (κ3) is 6.86. The molecule has 0 aliphatic heterocycles. The topological polar surface area (TPSA) is 111 Å². The average molecular weight is 896 g/mol. The van der Waals surface area contributed by atoms with Crippen molar-refractivity contribution in [3.8, 4) is 85.8 Å². The van der Waals surface area contributed by atoms with Gasteiger partial charge in [0.25, 0.3) is 0 Å². The van der Waals surface area contributed by atoms with Crippen LogP contribution >= 0.6 is 0 Å². The minimum absolute atomic E-state index is 0.489. The lowest BCUT2D eigenvalue weighted by molar-refractivity contribution is 1.07. The minimum Gasteiger partial charge on any atom is -0.309 e. The molecule has 0 unspecified atom stereocenters. The predicted molar refractivity (Wildman–Crippen MR) is 279 cm³/mol. The van der Waals surface area contributed by atoms with Crippen LogP contribution in [0.15, 0.2) is 224 Å². The second kappa shape index (κ2) is 16.8. The summed E-state index contributed by atoms with van der Waals surface area (Å²) in [5.74, 6) is 3.45. The Hall–Kier alpha value is -9.91. The van der Waals surface area contributed by atoms with Gasteiger partial charge in [-0.2, -0.15) is 5.26 Å². The molecular weight excluding hydrogens is 859 g/mol. The molecule has 0 fully saturated rings. The molecular formula is C61H37N9. The molecule has 9 aromatic carbocycles. The first kappa shape index (κ1) is 40.4. The van der Waals surface area contributed by atoms with Crippen molar-refractivity contribution in [3.63, 3.8) is 0 Å². The van der Waals surface area contributed by atoms with Crippen LogP contribution in [0.4, 0.5) is 0 Å². The van der Waals surface area contributed by atoms with Gasteiger partial charge in [0.15, 0.2) is 34.9 Å². The number of benzene rings is 9. The first-order valence-corrected chi connectivity index (χ1v) is 23.0. The fraction of sp³-hybridized carbons (Fsp3) is 0. The summed E-state index contributed by atoms with van der Waals surface area (Å²) in [4.78, 5) is 29.7. The van der Waals surface area contributed by atoms with Crippen LogP contribution in [0.1, 0.15) is 5.56 Å². The van der Waals surface area contributed by atoms with Crippen LogP contribution in [0.3, 0.4) is 0 Å². The van der Waals surface area contributed by atoms with Gasteiger partial charge in [-0.1, -0.05) is 158 Å². The van der Waals surface area contributed by atoms with Crippen molar-refractivity contribution in [1.82, 2.24) is 39.0 Å². The van der Waals surface area contributed by atoms with E-state index in [1.807, 2.05) is 140 Å². The van der Waals surface area contributed by atoms with Gasteiger partial charge in [-0.3, -0.25) is 0 Å². The zero-order valence-electron chi connectivity index (χ0n) is 37.4. The molecule has 70 heavy (non-hydrogen) atoms. The first-order valence-electron chi connectivity index (χ1n) is 23.0. The molecule has 9 nitrogen and oxygen atoms in total. The molecule has 4 aromatic heterocycles. The summed E-state index contributed by atoms with van der Waals surface area (Å²) in [6.07, 6.45) is 0. The van der Waals surface area contributed by atoms with Gasteiger partial charge in [-0.25, -0.2) is 29.9 Å². The van der Waals surface area contributed by atoms with Gasteiger partial charge in [0.05, 0.1) is 33.3 Å². The Balaban J connectivity index is 0.947. The van der Waals surface area contributed by atoms with Crippen molar-refractivity contribution in [2.75, 3.05) is 0 Å². The second-order valence-electron chi connectivity index (χ2n) is 17.0. The molecule has 0 saturated heterocycles. The van der Waals surface area contributed by atoms with Crippen molar-refractivity contribution in [2.45, 2.75) is 0 Å². The quantitative estimate of drug-likeness (QED) is 0.149. The number of rotatable bonds is 8. The maximum Gasteiger partial charge on any atom is 0.164 e. The highest BCUT2D eigenvalue weighted by Crippen LogP contribution is 2.43. The van der Waals surface area contributed by atoms with Gasteiger partial charge < -0.3 is 9.13 Å². The Morgan fingerprint density at radius 2 is 0.643 bits per heavy atom. The molecule has 13 aromatic rings. The lowest BCUT2D eigenvalue weighted by Gasteiger charge is -2.13. The van der Waals surface area contributed by atoms with Gasteiger partial charge in [0, 0.05) is 60.6 Å². The monoisotopic (exact) mass is 895 g/mol. The number of hydrogen-bond donors (Lipinski definition) is 0. The SMILES string of the molecule is N#Cc1cc(-c2nc(-c3ccccc3)nc(-c3ccccc3)n2)ccc1-n1c2ccccc2c2c3c4ccccc4n(-c4ccc(-c5nc(-c6ccccc6)nc(-c6ccccc6)n5)cc4)c3ccc21. The Kier molecular flexibility index (Phi) is 9.66. The van der Waals surface area contributed by atoms with E-state index in [1.165, 1.54) is 0 Å². The highest BCUT2D eigenvalue weighted by atomic mass is 15.0. The predicted octanol–water partition coefficient (Wildman–Crippen LogP) is 14.1. The van der Waals surface area contributed by atoms with Crippen molar-refractivity contribution in [2.24, 2.45) is 0 Å². The molecule has 326 valence electrons. The Labute approximate surface area is 402 Å². The largest absolute Gasteiger partial charge is 0.309 e. The number of aromatic nitrogens is 8. The van der Waals surface area contributed by atoms with E-state index in [2.05, 4.69) is 100 Å². The van der Waals surface area contributed by atoms with Crippen molar-refractivity contribution in [3.05, 3.63) is 230 Å². The fourth-order valence-electron chi connectivity index (χ4n) is 9.65. The summed E-state index contributed by atoms with van der Waals surface area (Å²) < 4.78 is 4.55. The lowest BCUT2D eigenvalue weighted by Crippen LogP contribution is -2.02. The maximum absolute atomic E-state index is 10.9.